The van der Waals surface area contributed by atoms with Gasteiger partial charge in [0.2, 0.25) is 0 Å². The minimum atomic E-state index is -0.671. The van der Waals surface area contributed by atoms with Crippen LogP contribution in [0.4, 0.5) is 0 Å². The van der Waals surface area contributed by atoms with Gasteiger partial charge in [0, 0.05) is 0 Å². The van der Waals surface area contributed by atoms with E-state index in [1.165, 1.54) is 25.3 Å². The summed E-state index contributed by atoms with van der Waals surface area (Å²) >= 11 is 0. The van der Waals surface area contributed by atoms with Crippen molar-refractivity contribution in [3.8, 4) is 17.8 Å². The van der Waals surface area contributed by atoms with Crippen molar-refractivity contribution in [2.24, 2.45) is 0 Å². The molecule has 22 heavy (non-hydrogen) atoms. The maximum absolute atomic E-state index is 12.2. The maximum atomic E-state index is 12.2. The molecule has 0 aliphatic heterocycles. The average molecular weight is 296 g/mol. The van der Waals surface area contributed by atoms with Crippen molar-refractivity contribution in [1.82, 2.24) is 29.9 Å². The molecule has 1 aromatic carbocycles. The van der Waals surface area contributed by atoms with Crippen LogP contribution in [0.1, 0.15) is 10.4 Å². The second kappa shape index (κ2) is 6.31. The topological polar surface area (TPSA) is 113 Å². The Morgan fingerprint density at radius 1 is 0.818 bits per heavy atom. The summed E-state index contributed by atoms with van der Waals surface area (Å²) in [6, 6.07) is 6.47. The third-order valence-electron chi connectivity index (χ3n) is 2.43. The molecule has 2 aromatic heterocycles. The standard InChI is InChI=1S/C13H8N6O3/c20-11(22-13-18-7-15-8-19-13)9-3-1-2-4-10(9)21-12-16-5-14-6-17-12/h1-8H. The van der Waals surface area contributed by atoms with Crippen molar-refractivity contribution >= 4 is 5.97 Å². The first-order valence-electron chi connectivity index (χ1n) is 6.06. The first-order valence-corrected chi connectivity index (χ1v) is 6.06. The van der Waals surface area contributed by atoms with Crippen LogP contribution in [0.15, 0.2) is 49.6 Å². The van der Waals surface area contributed by atoms with Gasteiger partial charge in [0.15, 0.2) is 0 Å². The van der Waals surface area contributed by atoms with E-state index in [0.29, 0.717) is 0 Å². The summed E-state index contributed by atoms with van der Waals surface area (Å²) < 4.78 is 10.5. The normalized spacial score (nSPS) is 10.0. The Morgan fingerprint density at radius 3 is 2.09 bits per heavy atom. The summed E-state index contributed by atoms with van der Waals surface area (Å²) in [7, 11) is 0. The van der Waals surface area contributed by atoms with Gasteiger partial charge in [-0.25, -0.2) is 14.8 Å². The Hall–Kier alpha value is -3.49. The van der Waals surface area contributed by atoms with Gasteiger partial charge in [-0.15, -0.1) is 0 Å². The molecule has 3 rings (SSSR count). The van der Waals surface area contributed by atoms with Crippen LogP contribution < -0.4 is 9.47 Å². The van der Waals surface area contributed by atoms with Crippen LogP contribution in [-0.4, -0.2) is 35.9 Å². The molecule has 0 unspecified atom stereocenters. The first-order chi connectivity index (χ1) is 10.8. The summed E-state index contributed by atoms with van der Waals surface area (Å²) in [5.74, 6) is -0.427. The smallest absolute Gasteiger partial charge is 0.349 e. The van der Waals surface area contributed by atoms with Crippen molar-refractivity contribution in [2.45, 2.75) is 0 Å². The van der Waals surface area contributed by atoms with Gasteiger partial charge < -0.3 is 9.47 Å². The Morgan fingerprint density at radius 2 is 1.41 bits per heavy atom. The maximum Gasteiger partial charge on any atom is 0.349 e. The fourth-order valence-electron chi connectivity index (χ4n) is 1.52. The fourth-order valence-corrected chi connectivity index (χ4v) is 1.52. The number of para-hydroxylation sites is 1. The summed E-state index contributed by atoms with van der Waals surface area (Å²) in [5.41, 5.74) is 0.184. The summed E-state index contributed by atoms with van der Waals surface area (Å²) in [6.45, 7) is 0. The van der Waals surface area contributed by atoms with Gasteiger partial charge >= 0.3 is 18.0 Å². The Balaban J connectivity index is 1.83. The molecule has 9 heteroatoms. The predicted octanol–water partition coefficient (Wildman–Crippen LogP) is 1.07. The number of benzene rings is 1. The lowest BCUT2D eigenvalue weighted by Gasteiger charge is -2.08. The Bertz CT molecular complexity index is 769. The average Bonchev–Trinajstić information content (AvgIpc) is 2.57. The SMILES string of the molecule is O=C(Oc1ncncn1)c1ccccc1Oc1ncncn1. The summed E-state index contributed by atoms with van der Waals surface area (Å²) in [6.07, 6.45) is 5.02. The van der Waals surface area contributed by atoms with Crippen molar-refractivity contribution in [3.63, 3.8) is 0 Å². The molecule has 0 spiro atoms. The van der Waals surface area contributed by atoms with Crippen LogP contribution in [0.5, 0.6) is 17.8 Å². The number of ether oxygens (including phenoxy) is 2. The van der Waals surface area contributed by atoms with Crippen LogP contribution in [0.25, 0.3) is 0 Å². The second-order valence-corrected chi connectivity index (χ2v) is 3.83. The van der Waals surface area contributed by atoms with E-state index in [4.69, 9.17) is 9.47 Å². The number of hydrogen-bond acceptors (Lipinski definition) is 9. The highest BCUT2D eigenvalue weighted by Crippen LogP contribution is 2.23. The van der Waals surface area contributed by atoms with Crippen LogP contribution in [0, 0.1) is 0 Å². The largest absolute Gasteiger partial charge is 0.423 e. The van der Waals surface area contributed by atoms with Gasteiger partial charge in [-0.05, 0) is 12.1 Å². The number of carbonyl (C=O) groups excluding carboxylic acids is 1. The van der Waals surface area contributed by atoms with E-state index < -0.39 is 5.97 Å². The van der Waals surface area contributed by atoms with Crippen molar-refractivity contribution in [1.29, 1.82) is 0 Å². The molecule has 9 nitrogen and oxygen atoms in total. The molecule has 3 aromatic rings. The number of nitrogens with zero attached hydrogens (tertiary/aromatic N) is 6. The van der Waals surface area contributed by atoms with E-state index in [9.17, 15) is 4.79 Å². The molecule has 0 saturated heterocycles. The van der Waals surface area contributed by atoms with E-state index in [1.807, 2.05) is 0 Å². The zero-order valence-corrected chi connectivity index (χ0v) is 11.0. The zero-order chi connectivity index (χ0) is 15.2. The first kappa shape index (κ1) is 13.5. The Labute approximate surface area is 124 Å². The van der Waals surface area contributed by atoms with Crippen LogP contribution in [-0.2, 0) is 0 Å². The minimum Gasteiger partial charge on any atom is -0.423 e. The van der Waals surface area contributed by atoms with Gasteiger partial charge in [-0.2, -0.15) is 19.9 Å². The van der Waals surface area contributed by atoms with Crippen molar-refractivity contribution in [2.75, 3.05) is 0 Å². The highest BCUT2D eigenvalue weighted by Gasteiger charge is 2.16. The molecule has 108 valence electrons. The fraction of sp³-hybridized carbons (Fsp3) is 0. The molecule has 0 amide bonds. The number of esters is 1. The quantitative estimate of drug-likeness (QED) is 0.652. The van der Waals surface area contributed by atoms with Crippen LogP contribution in [0.3, 0.4) is 0 Å². The van der Waals surface area contributed by atoms with E-state index in [-0.39, 0.29) is 23.3 Å². The van der Waals surface area contributed by atoms with Gasteiger partial charge in [-0.3, -0.25) is 0 Å². The molecule has 0 fully saturated rings. The molecular formula is C13H8N6O3. The summed E-state index contributed by atoms with van der Waals surface area (Å²) in [4.78, 5) is 34.6. The number of carbonyl (C=O) groups is 1. The van der Waals surface area contributed by atoms with Gasteiger partial charge in [0.25, 0.3) is 0 Å². The lowest BCUT2D eigenvalue weighted by Crippen LogP contribution is -2.12. The van der Waals surface area contributed by atoms with E-state index in [2.05, 4.69) is 29.9 Å². The molecule has 0 saturated carbocycles. The zero-order valence-electron chi connectivity index (χ0n) is 11.0. The predicted molar refractivity (Wildman–Crippen MR) is 71.1 cm³/mol. The number of aromatic nitrogens is 6. The summed E-state index contributed by atoms with van der Waals surface area (Å²) in [5, 5.41) is 0. The van der Waals surface area contributed by atoms with Gasteiger partial charge in [-0.1, -0.05) is 12.1 Å². The Kier molecular flexibility index (Phi) is 3.87. The molecule has 0 aliphatic rings. The van der Waals surface area contributed by atoms with E-state index in [0.717, 1.165) is 0 Å². The van der Waals surface area contributed by atoms with Crippen molar-refractivity contribution < 1.29 is 14.3 Å². The highest BCUT2D eigenvalue weighted by atomic mass is 16.6. The van der Waals surface area contributed by atoms with Crippen molar-refractivity contribution in [3.05, 3.63) is 55.1 Å². The second-order valence-electron chi connectivity index (χ2n) is 3.83. The van der Waals surface area contributed by atoms with E-state index in [1.54, 1.807) is 24.3 Å². The molecule has 2 heterocycles. The lowest BCUT2D eigenvalue weighted by molar-refractivity contribution is 0.0716. The number of hydrogen-bond donors (Lipinski definition) is 0. The van der Waals surface area contributed by atoms with Crippen LogP contribution in [0.2, 0.25) is 0 Å². The third-order valence-corrected chi connectivity index (χ3v) is 2.43. The molecule has 0 radical (unpaired) electrons. The highest BCUT2D eigenvalue weighted by molar-refractivity contribution is 5.93. The minimum absolute atomic E-state index is 0.0652. The van der Waals surface area contributed by atoms with Gasteiger partial charge in [0.05, 0.1) is 0 Å². The molecule has 0 aliphatic carbocycles. The molecular weight excluding hydrogens is 288 g/mol. The third kappa shape index (κ3) is 3.15. The molecule has 0 N–H and O–H groups in total. The van der Waals surface area contributed by atoms with Gasteiger partial charge in [0.1, 0.15) is 36.6 Å². The lowest BCUT2D eigenvalue weighted by atomic mass is 10.2. The molecule has 0 bridgehead atoms. The molecule has 0 atom stereocenters. The van der Waals surface area contributed by atoms with Crippen LogP contribution >= 0.6 is 0 Å². The van der Waals surface area contributed by atoms with E-state index >= 15 is 0 Å². The number of rotatable bonds is 4. The monoisotopic (exact) mass is 296 g/mol.